The van der Waals surface area contributed by atoms with E-state index >= 15 is 0 Å². The number of imide groups is 1. The Balaban J connectivity index is 1.68. The minimum absolute atomic E-state index is 0.225. The van der Waals surface area contributed by atoms with Crippen molar-refractivity contribution in [2.75, 3.05) is 0 Å². The van der Waals surface area contributed by atoms with Gasteiger partial charge in [-0.2, -0.15) is 0 Å². The van der Waals surface area contributed by atoms with Crippen LogP contribution in [0.25, 0.3) is 16.7 Å². The predicted molar refractivity (Wildman–Crippen MR) is 109 cm³/mol. The fraction of sp³-hybridized carbons (Fsp3) is 0.0435. The number of carbonyl (C=O) groups is 2. The van der Waals surface area contributed by atoms with Crippen molar-refractivity contribution in [3.63, 3.8) is 0 Å². The Kier molecular flexibility index (Phi) is 4.93. The number of fused-ring (bicyclic) bond motifs is 1. The van der Waals surface area contributed by atoms with Crippen molar-refractivity contribution in [2.24, 2.45) is 0 Å². The van der Waals surface area contributed by atoms with Crippen molar-refractivity contribution in [3.8, 4) is 22.6 Å². The molecular formula is C23H17FN2O4. The van der Waals surface area contributed by atoms with E-state index in [2.05, 4.69) is 10.6 Å². The number of amides is 2. The highest BCUT2D eigenvalue weighted by Gasteiger charge is 2.27. The third kappa shape index (κ3) is 3.60. The smallest absolute Gasteiger partial charge is 0.260 e. The van der Waals surface area contributed by atoms with E-state index in [1.54, 1.807) is 42.5 Å². The van der Waals surface area contributed by atoms with Crippen LogP contribution in [0.1, 0.15) is 21.5 Å². The maximum atomic E-state index is 14.2. The largest absolute Gasteiger partial charge is 0.504 e. The first-order chi connectivity index (χ1) is 14.4. The van der Waals surface area contributed by atoms with Gasteiger partial charge in [-0.3, -0.25) is 14.9 Å². The average Bonchev–Trinajstić information content (AvgIpc) is 2.73. The SMILES string of the molecule is O=C1NC(=O)c2ccc(-c3ccccc3F)cc2C1=CNCc1ccc(O)c(O)c1. The molecule has 2 amide bonds. The van der Waals surface area contributed by atoms with E-state index in [9.17, 15) is 24.2 Å². The number of phenolic OH excluding ortho intramolecular Hbond substituents is 2. The molecular weight excluding hydrogens is 387 g/mol. The van der Waals surface area contributed by atoms with Gasteiger partial charge in [0.25, 0.3) is 11.8 Å². The third-order valence-corrected chi connectivity index (χ3v) is 4.80. The molecule has 0 aromatic heterocycles. The van der Waals surface area contributed by atoms with Crippen molar-refractivity contribution >= 4 is 17.4 Å². The minimum atomic E-state index is -0.570. The summed E-state index contributed by atoms with van der Waals surface area (Å²) in [6, 6.07) is 15.5. The van der Waals surface area contributed by atoms with Crippen molar-refractivity contribution in [1.82, 2.24) is 10.6 Å². The average molecular weight is 404 g/mol. The number of rotatable bonds is 4. The summed E-state index contributed by atoms with van der Waals surface area (Å²) in [5.41, 5.74) is 2.52. The lowest BCUT2D eigenvalue weighted by atomic mass is 9.91. The highest BCUT2D eigenvalue weighted by atomic mass is 19.1. The molecule has 1 aliphatic rings. The Hall–Kier alpha value is -4.13. The van der Waals surface area contributed by atoms with Gasteiger partial charge in [0.1, 0.15) is 5.82 Å². The summed E-state index contributed by atoms with van der Waals surface area (Å²) in [6.07, 6.45) is 1.47. The van der Waals surface area contributed by atoms with Crippen LogP contribution in [0.2, 0.25) is 0 Å². The van der Waals surface area contributed by atoms with Gasteiger partial charge in [0.05, 0.1) is 5.57 Å². The Labute approximate surface area is 171 Å². The van der Waals surface area contributed by atoms with Crippen LogP contribution >= 0.6 is 0 Å². The number of phenols is 2. The molecule has 0 bridgehead atoms. The van der Waals surface area contributed by atoms with Crippen LogP contribution in [0.15, 0.2) is 66.9 Å². The topological polar surface area (TPSA) is 98.7 Å². The molecule has 0 atom stereocenters. The van der Waals surface area contributed by atoms with Gasteiger partial charge in [-0.05, 0) is 41.5 Å². The van der Waals surface area contributed by atoms with E-state index in [1.165, 1.54) is 24.4 Å². The lowest BCUT2D eigenvalue weighted by molar-refractivity contribution is -0.114. The van der Waals surface area contributed by atoms with Crippen LogP contribution in [0.5, 0.6) is 11.5 Å². The van der Waals surface area contributed by atoms with Gasteiger partial charge in [-0.15, -0.1) is 0 Å². The Morgan fingerprint density at radius 2 is 1.67 bits per heavy atom. The number of halogens is 1. The van der Waals surface area contributed by atoms with Gasteiger partial charge < -0.3 is 15.5 Å². The number of aromatic hydroxyl groups is 2. The van der Waals surface area contributed by atoms with Gasteiger partial charge in [0.2, 0.25) is 0 Å². The highest BCUT2D eigenvalue weighted by Crippen LogP contribution is 2.31. The summed E-state index contributed by atoms with van der Waals surface area (Å²) >= 11 is 0. The molecule has 0 spiro atoms. The quantitative estimate of drug-likeness (QED) is 0.304. The summed E-state index contributed by atoms with van der Waals surface area (Å²) in [5.74, 6) is -1.96. The molecule has 1 aliphatic heterocycles. The van der Waals surface area contributed by atoms with Crippen molar-refractivity contribution in [1.29, 1.82) is 0 Å². The summed E-state index contributed by atoms with van der Waals surface area (Å²) in [4.78, 5) is 24.7. The first-order valence-electron chi connectivity index (χ1n) is 9.13. The van der Waals surface area contributed by atoms with E-state index in [-0.39, 0.29) is 23.6 Å². The van der Waals surface area contributed by atoms with Gasteiger partial charge in [0.15, 0.2) is 11.5 Å². The second-order valence-electron chi connectivity index (χ2n) is 6.79. The zero-order chi connectivity index (χ0) is 21.3. The van der Waals surface area contributed by atoms with Gasteiger partial charge >= 0.3 is 0 Å². The first kappa shape index (κ1) is 19.2. The zero-order valence-corrected chi connectivity index (χ0v) is 15.6. The Bertz CT molecular complexity index is 1200. The molecule has 0 saturated heterocycles. The van der Waals surface area contributed by atoms with Crippen LogP contribution in [0, 0.1) is 5.82 Å². The fourth-order valence-corrected chi connectivity index (χ4v) is 3.28. The molecule has 4 rings (SSSR count). The molecule has 7 heteroatoms. The molecule has 1 heterocycles. The molecule has 150 valence electrons. The van der Waals surface area contributed by atoms with Crippen LogP contribution in [-0.4, -0.2) is 22.0 Å². The molecule has 0 aliphatic carbocycles. The number of hydrogen-bond donors (Lipinski definition) is 4. The Morgan fingerprint density at radius 3 is 2.43 bits per heavy atom. The van der Waals surface area contributed by atoms with E-state index in [4.69, 9.17) is 0 Å². The maximum absolute atomic E-state index is 14.2. The second kappa shape index (κ2) is 7.71. The number of hydrogen-bond acceptors (Lipinski definition) is 5. The summed E-state index contributed by atoms with van der Waals surface area (Å²) in [7, 11) is 0. The van der Waals surface area contributed by atoms with Crippen LogP contribution < -0.4 is 10.6 Å². The van der Waals surface area contributed by atoms with Crippen molar-refractivity contribution < 1.29 is 24.2 Å². The lowest BCUT2D eigenvalue weighted by Crippen LogP contribution is -2.37. The van der Waals surface area contributed by atoms with Gasteiger partial charge in [-0.25, -0.2) is 4.39 Å². The fourth-order valence-electron chi connectivity index (χ4n) is 3.28. The van der Waals surface area contributed by atoms with E-state index < -0.39 is 17.6 Å². The predicted octanol–water partition coefficient (Wildman–Crippen LogP) is 3.30. The van der Waals surface area contributed by atoms with Crippen LogP contribution in [0.4, 0.5) is 4.39 Å². The summed E-state index contributed by atoms with van der Waals surface area (Å²) < 4.78 is 14.2. The standard InChI is InChI=1S/C23H17FN2O4/c24-19-4-2-1-3-15(19)14-6-7-16-17(10-14)18(23(30)26-22(16)29)12-25-11-13-5-8-20(27)21(28)9-13/h1-10,12,25,27-28H,11H2,(H,26,29,30). The number of carbonyl (C=O) groups excluding carboxylic acids is 2. The normalized spacial score (nSPS) is 14.4. The monoisotopic (exact) mass is 404 g/mol. The lowest BCUT2D eigenvalue weighted by Gasteiger charge is -2.19. The number of nitrogens with one attached hydrogen (secondary N) is 2. The summed E-state index contributed by atoms with van der Waals surface area (Å²) in [5, 5.41) is 24.2. The molecule has 0 saturated carbocycles. The highest BCUT2D eigenvalue weighted by molar-refractivity contribution is 6.31. The number of benzene rings is 3. The van der Waals surface area contributed by atoms with Gasteiger partial charge in [0, 0.05) is 29.4 Å². The molecule has 0 radical (unpaired) electrons. The Morgan fingerprint density at radius 1 is 0.867 bits per heavy atom. The first-order valence-corrected chi connectivity index (χ1v) is 9.13. The third-order valence-electron chi connectivity index (χ3n) is 4.80. The molecule has 0 fully saturated rings. The second-order valence-corrected chi connectivity index (χ2v) is 6.79. The van der Waals surface area contributed by atoms with Crippen molar-refractivity contribution in [2.45, 2.75) is 6.54 Å². The van der Waals surface area contributed by atoms with E-state index in [0.717, 1.165) is 0 Å². The van der Waals surface area contributed by atoms with E-state index in [1.807, 2.05) is 0 Å². The molecule has 3 aromatic carbocycles. The molecule has 3 aromatic rings. The van der Waals surface area contributed by atoms with Crippen LogP contribution in [-0.2, 0) is 11.3 Å². The van der Waals surface area contributed by atoms with Crippen molar-refractivity contribution in [3.05, 3.63) is 89.4 Å². The van der Waals surface area contributed by atoms with Crippen LogP contribution in [0.3, 0.4) is 0 Å². The maximum Gasteiger partial charge on any atom is 0.260 e. The molecule has 30 heavy (non-hydrogen) atoms. The molecule has 0 unspecified atom stereocenters. The molecule has 6 nitrogen and oxygen atoms in total. The minimum Gasteiger partial charge on any atom is -0.504 e. The molecule has 4 N–H and O–H groups in total. The summed E-state index contributed by atoms with van der Waals surface area (Å²) in [6.45, 7) is 0.265. The van der Waals surface area contributed by atoms with Gasteiger partial charge in [-0.1, -0.05) is 30.3 Å². The zero-order valence-electron chi connectivity index (χ0n) is 15.6. The van der Waals surface area contributed by atoms with E-state index in [0.29, 0.717) is 27.8 Å².